The van der Waals surface area contributed by atoms with Crippen LogP contribution < -0.4 is 15.8 Å². The van der Waals surface area contributed by atoms with Gasteiger partial charge in [-0.25, -0.2) is 4.39 Å². The minimum absolute atomic E-state index is 0.141. The van der Waals surface area contributed by atoms with E-state index in [1.165, 1.54) is 5.56 Å². The molecule has 1 aromatic rings. The highest BCUT2D eigenvalue weighted by Gasteiger charge is 2.06. The van der Waals surface area contributed by atoms with E-state index >= 15 is 0 Å². The van der Waals surface area contributed by atoms with E-state index in [1.54, 1.807) is 0 Å². The Bertz CT molecular complexity index is 356. The molecule has 1 aromatic carbocycles. The van der Waals surface area contributed by atoms with Crippen LogP contribution >= 0.6 is 0 Å². The van der Waals surface area contributed by atoms with Crippen molar-refractivity contribution >= 4 is 0 Å². The molecule has 1 unspecified atom stereocenters. The van der Waals surface area contributed by atoms with Crippen molar-refractivity contribution in [3.8, 4) is 5.75 Å². The van der Waals surface area contributed by atoms with E-state index in [-0.39, 0.29) is 6.61 Å². The Morgan fingerprint density at radius 2 is 2.00 bits per heavy atom. The van der Waals surface area contributed by atoms with Gasteiger partial charge in [0.1, 0.15) is 18.5 Å². The Morgan fingerprint density at radius 1 is 1.30 bits per heavy atom. The standard InChI is InChI=1S/C16H27FN2O/c1-3-4-5-15(17)12-20-16-8-6-14(7-9-16)11-19-13(2)10-18/h6-9,13,15,19H,3-5,10-12,18H2,1-2H3/t13-,15?/m0/s1. The maximum absolute atomic E-state index is 13.5. The third-order valence-corrected chi connectivity index (χ3v) is 3.23. The van der Waals surface area contributed by atoms with Crippen molar-refractivity contribution < 1.29 is 9.13 Å². The second-order valence-corrected chi connectivity index (χ2v) is 5.21. The Kier molecular flexibility index (Phi) is 8.23. The molecule has 0 amide bonds. The molecule has 0 aliphatic rings. The predicted octanol–water partition coefficient (Wildman–Crippen LogP) is 3.03. The molecule has 0 spiro atoms. The molecule has 1 rings (SSSR count). The van der Waals surface area contributed by atoms with Crippen LogP contribution in [0.15, 0.2) is 24.3 Å². The largest absolute Gasteiger partial charge is 0.491 e. The van der Waals surface area contributed by atoms with E-state index in [0.29, 0.717) is 19.0 Å². The molecule has 3 N–H and O–H groups in total. The highest BCUT2D eigenvalue weighted by Crippen LogP contribution is 2.14. The molecular formula is C16H27FN2O. The number of benzene rings is 1. The van der Waals surface area contributed by atoms with Gasteiger partial charge >= 0.3 is 0 Å². The molecule has 114 valence electrons. The van der Waals surface area contributed by atoms with Gasteiger partial charge < -0.3 is 15.8 Å². The third-order valence-electron chi connectivity index (χ3n) is 3.23. The Hall–Kier alpha value is -1.13. The second-order valence-electron chi connectivity index (χ2n) is 5.21. The molecule has 0 heterocycles. The topological polar surface area (TPSA) is 47.3 Å². The summed E-state index contributed by atoms with van der Waals surface area (Å²) in [4.78, 5) is 0. The summed E-state index contributed by atoms with van der Waals surface area (Å²) in [6.45, 7) is 5.65. The molecule has 20 heavy (non-hydrogen) atoms. The minimum Gasteiger partial charge on any atom is -0.491 e. The molecule has 0 aliphatic heterocycles. The molecule has 0 aliphatic carbocycles. The minimum atomic E-state index is -0.873. The number of nitrogens with two attached hydrogens (primary N) is 1. The lowest BCUT2D eigenvalue weighted by atomic mass is 10.2. The third kappa shape index (κ3) is 6.87. The zero-order chi connectivity index (χ0) is 14.8. The summed E-state index contributed by atoms with van der Waals surface area (Å²) in [6.07, 6.45) is 1.63. The van der Waals surface area contributed by atoms with Crippen LogP contribution in [0.4, 0.5) is 4.39 Å². The normalized spacial score (nSPS) is 14.0. The van der Waals surface area contributed by atoms with Crippen LogP contribution in [0.25, 0.3) is 0 Å². The van der Waals surface area contributed by atoms with Gasteiger partial charge in [0.2, 0.25) is 0 Å². The van der Waals surface area contributed by atoms with Crippen LogP contribution in [0, 0.1) is 0 Å². The van der Waals surface area contributed by atoms with Gasteiger partial charge in [-0.05, 0) is 31.0 Å². The first-order valence-corrected chi connectivity index (χ1v) is 7.45. The molecular weight excluding hydrogens is 255 g/mol. The van der Waals surface area contributed by atoms with Gasteiger partial charge in [0.15, 0.2) is 0 Å². The molecule has 2 atom stereocenters. The molecule has 4 heteroatoms. The molecule has 0 saturated heterocycles. The first-order valence-electron chi connectivity index (χ1n) is 7.45. The Labute approximate surface area is 121 Å². The average Bonchev–Trinajstić information content (AvgIpc) is 2.49. The van der Waals surface area contributed by atoms with Gasteiger partial charge in [-0.1, -0.05) is 31.9 Å². The van der Waals surface area contributed by atoms with Crippen LogP contribution in [0.5, 0.6) is 5.75 Å². The summed E-state index contributed by atoms with van der Waals surface area (Å²) < 4.78 is 18.9. The number of hydrogen-bond donors (Lipinski definition) is 2. The van der Waals surface area contributed by atoms with Gasteiger partial charge in [0.25, 0.3) is 0 Å². The van der Waals surface area contributed by atoms with E-state index in [9.17, 15) is 4.39 Å². The number of hydrogen-bond acceptors (Lipinski definition) is 3. The van der Waals surface area contributed by atoms with Crippen molar-refractivity contribution in [1.82, 2.24) is 5.32 Å². The average molecular weight is 282 g/mol. The predicted molar refractivity (Wildman–Crippen MR) is 81.7 cm³/mol. The summed E-state index contributed by atoms with van der Waals surface area (Å²) in [7, 11) is 0. The van der Waals surface area contributed by atoms with Crippen LogP contribution in [-0.2, 0) is 6.54 Å². The van der Waals surface area contributed by atoms with Crippen molar-refractivity contribution in [2.75, 3.05) is 13.2 Å². The van der Waals surface area contributed by atoms with Gasteiger partial charge in [-0.2, -0.15) is 0 Å². The van der Waals surface area contributed by atoms with Crippen molar-refractivity contribution in [2.45, 2.75) is 51.9 Å². The molecule has 0 bridgehead atoms. The zero-order valence-corrected chi connectivity index (χ0v) is 12.6. The molecule has 0 saturated carbocycles. The zero-order valence-electron chi connectivity index (χ0n) is 12.6. The fraction of sp³-hybridized carbons (Fsp3) is 0.625. The Morgan fingerprint density at radius 3 is 2.60 bits per heavy atom. The monoisotopic (exact) mass is 282 g/mol. The van der Waals surface area contributed by atoms with E-state index in [4.69, 9.17) is 10.5 Å². The lowest BCUT2D eigenvalue weighted by Gasteiger charge is -2.12. The maximum atomic E-state index is 13.5. The van der Waals surface area contributed by atoms with Crippen LogP contribution in [-0.4, -0.2) is 25.4 Å². The number of rotatable bonds is 10. The number of ether oxygens (including phenoxy) is 1. The molecule has 0 radical (unpaired) electrons. The number of alkyl halides is 1. The number of halogens is 1. The van der Waals surface area contributed by atoms with E-state index in [2.05, 4.69) is 19.2 Å². The van der Waals surface area contributed by atoms with Crippen molar-refractivity contribution in [3.63, 3.8) is 0 Å². The highest BCUT2D eigenvalue weighted by atomic mass is 19.1. The van der Waals surface area contributed by atoms with Crippen molar-refractivity contribution in [1.29, 1.82) is 0 Å². The van der Waals surface area contributed by atoms with Crippen molar-refractivity contribution in [3.05, 3.63) is 29.8 Å². The maximum Gasteiger partial charge on any atom is 0.134 e. The smallest absolute Gasteiger partial charge is 0.134 e. The van der Waals surface area contributed by atoms with Crippen LogP contribution in [0.3, 0.4) is 0 Å². The fourth-order valence-corrected chi connectivity index (χ4v) is 1.77. The summed E-state index contributed by atoms with van der Waals surface area (Å²) >= 11 is 0. The first-order chi connectivity index (χ1) is 9.65. The molecule has 0 fully saturated rings. The molecule has 0 aromatic heterocycles. The van der Waals surface area contributed by atoms with Gasteiger partial charge in [0, 0.05) is 19.1 Å². The van der Waals surface area contributed by atoms with Gasteiger partial charge in [-0.3, -0.25) is 0 Å². The van der Waals surface area contributed by atoms with Crippen molar-refractivity contribution in [2.24, 2.45) is 5.73 Å². The second kappa shape index (κ2) is 9.72. The Balaban J connectivity index is 2.31. The lowest BCUT2D eigenvalue weighted by molar-refractivity contribution is 0.184. The van der Waals surface area contributed by atoms with Gasteiger partial charge in [-0.15, -0.1) is 0 Å². The van der Waals surface area contributed by atoms with E-state index in [0.717, 1.165) is 25.1 Å². The lowest BCUT2D eigenvalue weighted by Crippen LogP contribution is -2.32. The quantitative estimate of drug-likeness (QED) is 0.693. The fourth-order valence-electron chi connectivity index (χ4n) is 1.77. The van der Waals surface area contributed by atoms with Gasteiger partial charge in [0.05, 0.1) is 0 Å². The van der Waals surface area contributed by atoms with E-state index < -0.39 is 6.17 Å². The number of unbranched alkanes of at least 4 members (excludes halogenated alkanes) is 1. The SMILES string of the molecule is CCCCC(F)COc1ccc(CN[C@@H](C)CN)cc1. The summed E-state index contributed by atoms with van der Waals surface area (Å²) in [5.74, 6) is 0.722. The van der Waals surface area contributed by atoms with Crippen LogP contribution in [0.2, 0.25) is 0 Å². The highest BCUT2D eigenvalue weighted by molar-refractivity contribution is 5.27. The van der Waals surface area contributed by atoms with Crippen LogP contribution in [0.1, 0.15) is 38.7 Å². The summed E-state index contributed by atoms with van der Waals surface area (Å²) in [6, 6.07) is 8.06. The summed E-state index contributed by atoms with van der Waals surface area (Å²) in [5, 5.41) is 3.32. The van der Waals surface area contributed by atoms with E-state index in [1.807, 2.05) is 24.3 Å². The number of nitrogens with one attached hydrogen (secondary N) is 1. The molecule has 3 nitrogen and oxygen atoms in total. The summed E-state index contributed by atoms with van der Waals surface area (Å²) in [5.41, 5.74) is 6.71. The first kappa shape index (κ1) is 16.9.